The van der Waals surface area contributed by atoms with Gasteiger partial charge in [-0.05, 0) is 27.9 Å². The van der Waals surface area contributed by atoms with Crippen molar-refractivity contribution in [3.63, 3.8) is 0 Å². The second-order valence-corrected chi connectivity index (χ2v) is 4.47. The topological polar surface area (TPSA) is 54.0 Å². The minimum Gasteiger partial charge on any atom is -0.479 e. The van der Waals surface area contributed by atoms with Crippen LogP contribution in [0.15, 0.2) is 0 Å². The number of hydrogen-bond donors (Lipinski definition) is 1. The summed E-state index contributed by atoms with van der Waals surface area (Å²) >= 11 is 0. The number of methoxy groups -OCH3 is 1. The molecule has 0 amide bonds. The van der Waals surface area contributed by atoms with Crippen LogP contribution in [0.3, 0.4) is 0 Å². The van der Waals surface area contributed by atoms with Crippen molar-refractivity contribution in [3.8, 4) is 5.88 Å². The van der Waals surface area contributed by atoms with Crippen LogP contribution in [0, 0.1) is 13.8 Å². The molecule has 0 aliphatic heterocycles. The molecule has 2 rings (SSSR count). The molecule has 0 bridgehead atoms. The molecule has 0 aromatic carbocycles. The molecule has 0 saturated carbocycles. The van der Waals surface area contributed by atoms with Gasteiger partial charge in [0.25, 0.3) is 0 Å². The smallest absolute Gasteiger partial charge is 0.241 e. The largest absolute Gasteiger partial charge is 0.479 e. The molecule has 0 saturated heterocycles. The van der Waals surface area contributed by atoms with Crippen molar-refractivity contribution in [2.75, 3.05) is 21.2 Å². The number of aromatic amines is 1. The molecule has 0 fully saturated rings. The first-order valence-corrected chi connectivity index (χ1v) is 5.57. The van der Waals surface area contributed by atoms with E-state index in [9.17, 15) is 0 Å². The molecule has 5 heteroatoms. The Bertz CT molecular complexity index is 545. The molecule has 17 heavy (non-hydrogen) atoms. The summed E-state index contributed by atoms with van der Waals surface area (Å²) in [6.07, 6.45) is 0. The van der Waals surface area contributed by atoms with Gasteiger partial charge in [0.1, 0.15) is 16.9 Å². The van der Waals surface area contributed by atoms with E-state index in [1.54, 1.807) is 7.11 Å². The third-order valence-electron chi connectivity index (χ3n) is 2.71. The fraction of sp³-hybridized carbons (Fsp3) is 0.500. The third kappa shape index (κ3) is 2.10. The van der Waals surface area contributed by atoms with Crippen LogP contribution in [0.4, 0.5) is 0 Å². The molecule has 0 aliphatic carbocycles. The van der Waals surface area contributed by atoms with Crippen molar-refractivity contribution in [1.29, 1.82) is 0 Å². The Morgan fingerprint density at radius 1 is 1.24 bits per heavy atom. The fourth-order valence-electron chi connectivity index (χ4n) is 1.98. The lowest BCUT2D eigenvalue weighted by Crippen LogP contribution is -2.11. The molecule has 0 spiro atoms. The van der Waals surface area contributed by atoms with E-state index in [0.717, 1.165) is 29.1 Å². The van der Waals surface area contributed by atoms with Gasteiger partial charge in [-0.2, -0.15) is 4.98 Å². The molecule has 92 valence electrons. The van der Waals surface area contributed by atoms with Crippen molar-refractivity contribution in [2.45, 2.75) is 20.4 Å². The zero-order valence-electron chi connectivity index (χ0n) is 11.0. The second kappa shape index (κ2) is 4.33. The Labute approximate surface area is 101 Å². The lowest BCUT2D eigenvalue weighted by Gasteiger charge is -2.09. The lowest BCUT2D eigenvalue weighted by atomic mass is 10.2. The van der Waals surface area contributed by atoms with Crippen LogP contribution < -0.4 is 4.74 Å². The molecule has 0 aliphatic rings. The summed E-state index contributed by atoms with van der Waals surface area (Å²) in [5.41, 5.74) is 4.16. The predicted molar refractivity (Wildman–Crippen MR) is 67.3 cm³/mol. The van der Waals surface area contributed by atoms with E-state index in [2.05, 4.69) is 26.8 Å². The number of nitrogens with one attached hydrogen (secondary N) is 1. The first-order chi connectivity index (χ1) is 8.02. The quantitative estimate of drug-likeness (QED) is 0.877. The number of rotatable bonds is 3. The molecule has 5 nitrogen and oxygen atoms in total. The molecule has 0 atom stereocenters. The molecule has 0 radical (unpaired) electrons. The maximum atomic E-state index is 5.29. The van der Waals surface area contributed by atoms with Crippen LogP contribution in [0.25, 0.3) is 11.0 Å². The van der Waals surface area contributed by atoms with Crippen molar-refractivity contribution in [3.05, 3.63) is 17.1 Å². The summed E-state index contributed by atoms with van der Waals surface area (Å²) < 4.78 is 5.29. The van der Waals surface area contributed by atoms with Crippen molar-refractivity contribution < 1.29 is 4.74 Å². The van der Waals surface area contributed by atoms with Crippen molar-refractivity contribution >= 4 is 11.0 Å². The number of aryl methyl sites for hydroxylation is 2. The Morgan fingerprint density at radius 2 is 1.94 bits per heavy atom. The molecule has 0 unspecified atom stereocenters. The van der Waals surface area contributed by atoms with Gasteiger partial charge in [-0.3, -0.25) is 0 Å². The molecular formula is C12H18N4O. The van der Waals surface area contributed by atoms with E-state index in [1.165, 1.54) is 5.56 Å². The first-order valence-electron chi connectivity index (χ1n) is 5.57. The monoisotopic (exact) mass is 234 g/mol. The van der Waals surface area contributed by atoms with Gasteiger partial charge >= 0.3 is 0 Å². The van der Waals surface area contributed by atoms with Gasteiger partial charge in [0.15, 0.2) is 0 Å². The van der Waals surface area contributed by atoms with Gasteiger partial charge in [0.05, 0.1) is 7.11 Å². The number of H-pyrrole nitrogens is 1. The summed E-state index contributed by atoms with van der Waals surface area (Å²) in [4.78, 5) is 14.2. The second-order valence-electron chi connectivity index (χ2n) is 4.47. The van der Waals surface area contributed by atoms with Gasteiger partial charge in [-0.25, -0.2) is 4.98 Å². The number of aromatic nitrogens is 3. The number of ether oxygens (including phenoxy) is 1. The SMILES string of the molecule is COc1nc(C)nc2c(CN(C)C)c(C)[nH]c12. The van der Waals surface area contributed by atoms with Crippen LogP contribution in [-0.2, 0) is 6.54 Å². The van der Waals surface area contributed by atoms with E-state index in [1.807, 2.05) is 21.0 Å². The maximum Gasteiger partial charge on any atom is 0.241 e. The van der Waals surface area contributed by atoms with E-state index < -0.39 is 0 Å². The van der Waals surface area contributed by atoms with Crippen molar-refractivity contribution in [1.82, 2.24) is 19.9 Å². The number of nitrogens with zero attached hydrogens (tertiary/aromatic N) is 3. The zero-order chi connectivity index (χ0) is 12.6. The third-order valence-corrected chi connectivity index (χ3v) is 2.71. The normalized spacial score (nSPS) is 11.4. The van der Waals surface area contributed by atoms with Crippen molar-refractivity contribution in [2.24, 2.45) is 0 Å². The Kier molecular flexibility index (Phi) is 3.02. The van der Waals surface area contributed by atoms with Crippen LogP contribution in [0.1, 0.15) is 17.1 Å². The van der Waals surface area contributed by atoms with Gasteiger partial charge in [0.2, 0.25) is 5.88 Å². The summed E-state index contributed by atoms with van der Waals surface area (Å²) in [7, 11) is 5.72. The van der Waals surface area contributed by atoms with E-state index in [4.69, 9.17) is 4.74 Å². The predicted octanol–water partition coefficient (Wildman–Crippen LogP) is 1.64. The molecule has 2 heterocycles. The summed E-state index contributed by atoms with van der Waals surface area (Å²) in [5.74, 6) is 1.34. The average molecular weight is 234 g/mol. The Hall–Kier alpha value is -1.62. The maximum absolute atomic E-state index is 5.29. The highest BCUT2D eigenvalue weighted by molar-refractivity contribution is 5.84. The van der Waals surface area contributed by atoms with Crippen LogP contribution in [0.5, 0.6) is 5.88 Å². The highest BCUT2D eigenvalue weighted by Crippen LogP contribution is 2.27. The molecule has 1 N–H and O–H groups in total. The van der Waals surface area contributed by atoms with E-state index in [-0.39, 0.29) is 0 Å². The average Bonchev–Trinajstić information content (AvgIpc) is 2.55. The van der Waals surface area contributed by atoms with Gasteiger partial charge < -0.3 is 14.6 Å². The number of fused-ring (bicyclic) bond motifs is 1. The van der Waals surface area contributed by atoms with Gasteiger partial charge in [-0.1, -0.05) is 0 Å². The molecule has 2 aromatic rings. The summed E-state index contributed by atoms with van der Waals surface area (Å²) in [6.45, 7) is 4.78. The minimum absolute atomic E-state index is 0.612. The van der Waals surface area contributed by atoms with Gasteiger partial charge in [-0.15, -0.1) is 0 Å². The first kappa shape index (κ1) is 11.9. The molecular weight excluding hydrogens is 216 g/mol. The zero-order valence-corrected chi connectivity index (χ0v) is 11.0. The molecule has 2 aromatic heterocycles. The fourth-order valence-corrected chi connectivity index (χ4v) is 1.98. The number of hydrogen-bond acceptors (Lipinski definition) is 4. The van der Waals surface area contributed by atoms with Crippen LogP contribution in [-0.4, -0.2) is 41.1 Å². The highest BCUT2D eigenvalue weighted by atomic mass is 16.5. The highest BCUT2D eigenvalue weighted by Gasteiger charge is 2.15. The summed E-state index contributed by atoms with van der Waals surface area (Å²) in [5, 5.41) is 0. The Balaban J connectivity index is 2.68. The van der Waals surface area contributed by atoms with E-state index >= 15 is 0 Å². The Morgan fingerprint density at radius 3 is 2.53 bits per heavy atom. The standard InChI is InChI=1S/C12H18N4O/c1-7-9(6-16(3)4)10-11(13-7)12(17-5)15-8(2)14-10/h13H,6H2,1-5H3. The van der Waals surface area contributed by atoms with Gasteiger partial charge in [0, 0.05) is 17.8 Å². The summed E-state index contributed by atoms with van der Waals surface area (Å²) in [6, 6.07) is 0. The lowest BCUT2D eigenvalue weighted by molar-refractivity contribution is 0.399. The van der Waals surface area contributed by atoms with Crippen LogP contribution in [0.2, 0.25) is 0 Å². The van der Waals surface area contributed by atoms with Crippen LogP contribution >= 0.6 is 0 Å². The minimum atomic E-state index is 0.612. The van der Waals surface area contributed by atoms with E-state index in [0.29, 0.717) is 5.88 Å².